The Morgan fingerprint density at radius 2 is 1.52 bits per heavy atom. The minimum atomic E-state index is -0.517. The van der Waals surface area contributed by atoms with Crippen LogP contribution in [0.2, 0.25) is 5.02 Å². The Hall–Kier alpha value is -4.00. The third-order valence-corrected chi connectivity index (χ3v) is 7.86. The van der Waals surface area contributed by atoms with Crippen LogP contribution in [0.4, 0.5) is 5.69 Å². The molecule has 40 heavy (non-hydrogen) atoms. The fourth-order valence-corrected chi connectivity index (χ4v) is 5.46. The highest BCUT2D eigenvalue weighted by Gasteiger charge is 2.22. The van der Waals surface area contributed by atoms with E-state index in [1.165, 1.54) is 36.1 Å². The average Bonchev–Trinajstić information content (AvgIpc) is 2.99. The number of nitrogens with one attached hydrogen (secondary N) is 1. The number of rotatable bonds is 9. The van der Waals surface area contributed by atoms with Crippen LogP contribution in [0, 0.1) is 10.1 Å². The van der Waals surface area contributed by atoms with Crippen LogP contribution >= 0.6 is 11.6 Å². The first kappa shape index (κ1) is 27.6. The van der Waals surface area contributed by atoms with Crippen LogP contribution in [-0.2, 0) is 13.0 Å². The van der Waals surface area contributed by atoms with E-state index in [0.717, 1.165) is 30.8 Å². The molecular weight excluding hydrogens is 522 g/mol. The van der Waals surface area contributed by atoms with E-state index in [0.29, 0.717) is 29.5 Å². The molecule has 1 saturated heterocycles. The lowest BCUT2D eigenvalue weighted by atomic mass is 9.89. The monoisotopic (exact) mass is 553 g/mol. The van der Waals surface area contributed by atoms with Gasteiger partial charge < -0.3 is 5.32 Å². The molecule has 0 aliphatic carbocycles. The number of benzene rings is 4. The molecule has 1 aliphatic rings. The van der Waals surface area contributed by atoms with Crippen LogP contribution in [0.5, 0.6) is 0 Å². The number of piperidine rings is 1. The number of carbonyl (C=O) groups excluding carboxylic acids is 1. The SMILES string of the molecule is O=C(NCCc1ccc(CN2CCC(c3ccccc3)CC2)cc1)c1ccc(-c2ccc(Cl)cc2)cc1[N+](=O)[O-]. The predicted molar refractivity (Wildman–Crippen MR) is 160 cm³/mol. The molecule has 4 aromatic carbocycles. The van der Waals surface area contributed by atoms with Gasteiger partial charge in [0.05, 0.1) is 4.92 Å². The number of halogens is 1. The van der Waals surface area contributed by atoms with Crippen molar-refractivity contribution in [1.82, 2.24) is 10.2 Å². The van der Waals surface area contributed by atoms with Gasteiger partial charge in [0, 0.05) is 24.2 Å². The van der Waals surface area contributed by atoms with E-state index in [2.05, 4.69) is 64.8 Å². The van der Waals surface area contributed by atoms with Gasteiger partial charge in [-0.05, 0) is 84.3 Å². The number of hydrogen-bond donors (Lipinski definition) is 1. The summed E-state index contributed by atoms with van der Waals surface area (Å²) in [6.45, 7) is 3.52. The number of hydrogen-bond acceptors (Lipinski definition) is 4. The number of carbonyl (C=O) groups is 1. The first-order chi connectivity index (χ1) is 19.5. The van der Waals surface area contributed by atoms with Gasteiger partial charge in [0.15, 0.2) is 0 Å². The Kier molecular flexibility index (Phi) is 8.89. The van der Waals surface area contributed by atoms with Gasteiger partial charge in [-0.25, -0.2) is 0 Å². The largest absolute Gasteiger partial charge is 0.351 e. The third-order valence-electron chi connectivity index (χ3n) is 7.60. The lowest BCUT2D eigenvalue weighted by molar-refractivity contribution is -0.385. The van der Waals surface area contributed by atoms with Crippen molar-refractivity contribution in [2.75, 3.05) is 19.6 Å². The molecule has 6 nitrogen and oxygen atoms in total. The van der Waals surface area contributed by atoms with Crippen LogP contribution in [0.15, 0.2) is 97.1 Å². The van der Waals surface area contributed by atoms with Crippen molar-refractivity contribution in [2.45, 2.75) is 31.7 Å². The summed E-state index contributed by atoms with van der Waals surface area (Å²) >= 11 is 5.95. The van der Waals surface area contributed by atoms with Crippen LogP contribution in [-0.4, -0.2) is 35.4 Å². The highest BCUT2D eigenvalue weighted by Crippen LogP contribution is 2.29. The normalized spacial score (nSPS) is 14.1. The highest BCUT2D eigenvalue weighted by molar-refractivity contribution is 6.30. The minimum Gasteiger partial charge on any atom is -0.351 e. The smallest absolute Gasteiger partial charge is 0.282 e. The Morgan fingerprint density at radius 1 is 0.875 bits per heavy atom. The van der Waals surface area contributed by atoms with Gasteiger partial charge in [-0.2, -0.15) is 0 Å². The van der Waals surface area contributed by atoms with Crippen molar-refractivity contribution in [2.24, 2.45) is 0 Å². The zero-order valence-electron chi connectivity index (χ0n) is 22.3. The molecule has 0 atom stereocenters. The zero-order chi connectivity index (χ0) is 27.9. The first-order valence-corrected chi connectivity index (χ1v) is 14.0. The van der Waals surface area contributed by atoms with Crippen molar-refractivity contribution in [3.63, 3.8) is 0 Å². The second-order valence-electron chi connectivity index (χ2n) is 10.3. The molecule has 4 aromatic rings. The minimum absolute atomic E-state index is 0.0501. The van der Waals surface area contributed by atoms with Gasteiger partial charge in [-0.1, -0.05) is 84.4 Å². The molecule has 1 amide bonds. The molecule has 0 aromatic heterocycles. The summed E-state index contributed by atoms with van der Waals surface area (Å²) in [7, 11) is 0. The average molecular weight is 554 g/mol. The van der Waals surface area contributed by atoms with Crippen LogP contribution in [0.3, 0.4) is 0 Å². The number of nitrogens with zero attached hydrogens (tertiary/aromatic N) is 2. The van der Waals surface area contributed by atoms with Gasteiger partial charge in [-0.15, -0.1) is 0 Å². The number of amides is 1. The summed E-state index contributed by atoms with van der Waals surface area (Å²) in [6, 6.07) is 31.0. The molecule has 0 spiro atoms. The van der Waals surface area contributed by atoms with E-state index in [1.54, 1.807) is 30.3 Å². The van der Waals surface area contributed by atoms with Gasteiger partial charge in [0.2, 0.25) is 0 Å². The Bertz CT molecular complexity index is 1450. The molecule has 0 radical (unpaired) electrons. The molecule has 0 bridgehead atoms. The standard InChI is InChI=1S/C33H32ClN3O3/c34-30-13-10-27(11-14-30)29-12-15-31(32(22-29)37(39)40)33(38)35-19-16-24-6-8-25(9-7-24)23-36-20-17-28(18-21-36)26-4-2-1-3-5-26/h1-15,22,28H,16-21,23H2,(H,35,38). The van der Waals surface area contributed by atoms with E-state index in [4.69, 9.17) is 11.6 Å². The van der Waals surface area contributed by atoms with Gasteiger partial charge in [-0.3, -0.25) is 19.8 Å². The second-order valence-corrected chi connectivity index (χ2v) is 10.7. The molecule has 0 unspecified atom stereocenters. The van der Waals surface area contributed by atoms with E-state index in [9.17, 15) is 14.9 Å². The van der Waals surface area contributed by atoms with Crippen LogP contribution in [0.1, 0.15) is 45.8 Å². The van der Waals surface area contributed by atoms with E-state index < -0.39 is 10.8 Å². The summed E-state index contributed by atoms with van der Waals surface area (Å²) in [5.41, 5.74) is 5.11. The lowest BCUT2D eigenvalue weighted by Crippen LogP contribution is -2.32. The molecule has 1 aliphatic heterocycles. The van der Waals surface area contributed by atoms with Gasteiger partial charge in [0.25, 0.3) is 11.6 Å². The lowest BCUT2D eigenvalue weighted by Gasteiger charge is -2.32. The van der Waals surface area contributed by atoms with E-state index in [-0.39, 0.29) is 11.3 Å². The topological polar surface area (TPSA) is 75.5 Å². The summed E-state index contributed by atoms with van der Waals surface area (Å²) in [5.74, 6) is 0.197. The Balaban J connectivity index is 1.11. The van der Waals surface area contributed by atoms with Crippen LogP contribution < -0.4 is 5.32 Å². The number of nitro benzene ring substituents is 1. The molecular formula is C33H32ClN3O3. The Labute approximate surface area is 239 Å². The summed E-state index contributed by atoms with van der Waals surface area (Å²) in [6.07, 6.45) is 3.01. The second kappa shape index (κ2) is 12.9. The van der Waals surface area contributed by atoms with Crippen LogP contribution in [0.25, 0.3) is 11.1 Å². The van der Waals surface area contributed by atoms with Gasteiger partial charge in [0.1, 0.15) is 5.56 Å². The molecule has 1 fully saturated rings. The van der Waals surface area contributed by atoms with E-state index >= 15 is 0 Å². The maximum atomic E-state index is 12.8. The molecule has 0 saturated carbocycles. The molecule has 7 heteroatoms. The third kappa shape index (κ3) is 6.95. The fourth-order valence-electron chi connectivity index (χ4n) is 5.33. The van der Waals surface area contributed by atoms with E-state index in [1.807, 2.05) is 0 Å². The van der Waals surface area contributed by atoms with Gasteiger partial charge >= 0.3 is 0 Å². The summed E-state index contributed by atoms with van der Waals surface area (Å²) in [4.78, 5) is 26.5. The zero-order valence-corrected chi connectivity index (χ0v) is 23.0. The molecule has 5 rings (SSSR count). The number of likely N-dealkylation sites (tertiary alicyclic amines) is 1. The Morgan fingerprint density at radius 3 is 2.20 bits per heavy atom. The predicted octanol–water partition coefficient (Wildman–Crippen LogP) is 7.27. The van der Waals surface area contributed by atoms with Crippen molar-refractivity contribution in [3.05, 3.63) is 134 Å². The highest BCUT2D eigenvalue weighted by atomic mass is 35.5. The van der Waals surface area contributed by atoms with Crippen molar-refractivity contribution >= 4 is 23.2 Å². The maximum absolute atomic E-state index is 12.8. The molecule has 1 N–H and O–H groups in total. The fraction of sp³-hybridized carbons (Fsp3) is 0.242. The summed E-state index contributed by atoms with van der Waals surface area (Å²) in [5, 5.41) is 15.1. The maximum Gasteiger partial charge on any atom is 0.282 e. The first-order valence-electron chi connectivity index (χ1n) is 13.6. The molecule has 204 valence electrons. The van der Waals surface area contributed by atoms with Crippen molar-refractivity contribution < 1.29 is 9.72 Å². The number of nitro groups is 1. The quantitative estimate of drug-likeness (QED) is 0.175. The molecule has 1 heterocycles. The summed E-state index contributed by atoms with van der Waals surface area (Å²) < 4.78 is 0. The van der Waals surface area contributed by atoms with Crippen molar-refractivity contribution in [1.29, 1.82) is 0 Å². The van der Waals surface area contributed by atoms with Crippen molar-refractivity contribution in [3.8, 4) is 11.1 Å².